The zero-order chi connectivity index (χ0) is 23.8. The van der Waals surface area contributed by atoms with Crippen molar-refractivity contribution in [2.45, 2.75) is 19.9 Å². The van der Waals surface area contributed by atoms with Crippen LogP contribution >= 0.6 is 0 Å². The number of nitrogens with one attached hydrogen (secondary N) is 1. The molecule has 0 bridgehead atoms. The summed E-state index contributed by atoms with van der Waals surface area (Å²) in [6, 6.07) is 23.2. The summed E-state index contributed by atoms with van der Waals surface area (Å²) < 4.78 is 9.93. The molecule has 170 valence electrons. The first-order valence-corrected chi connectivity index (χ1v) is 10.5. The summed E-state index contributed by atoms with van der Waals surface area (Å²) in [5.74, 6) is -1.80. The zero-order valence-electron chi connectivity index (χ0n) is 18.8. The molecule has 0 saturated carbocycles. The molecule has 33 heavy (non-hydrogen) atoms. The van der Waals surface area contributed by atoms with E-state index in [0.717, 1.165) is 11.4 Å². The Labute approximate surface area is 192 Å². The van der Waals surface area contributed by atoms with Gasteiger partial charge >= 0.3 is 11.9 Å². The second-order valence-electron chi connectivity index (χ2n) is 7.51. The number of carbonyl (C=O) groups is 3. The summed E-state index contributed by atoms with van der Waals surface area (Å²) in [6.45, 7) is 3.29. The minimum atomic E-state index is -0.768. The quantitative estimate of drug-likeness (QED) is 0.500. The van der Waals surface area contributed by atoms with Gasteiger partial charge in [-0.3, -0.25) is 4.79 Å². The lowest BCUT2D eigenvalue weighted by Crippen LogP contribution is -2.40. The van der Waals surface area contributed by atoms with Crippen LogP contribution in [0.15, 0.2) is 78.9 Å². The number of hydrogen-bond acceptors (Lipinski definition) is 6. The van der Waals surface area contributed by atoms with E-state index in [4.69, 9.17) is 9.47 Å². The van der Waals surface area contributed by atoms with Crippen LogP contribution in [0.2, 0.25) is 0 Å². The monoisotopic (exact) mass is 446 g/mol. The summed E-state index contributed by atoms with van der Waals surface area (Å²) in [5.41, 5.74) is 2.65. The number of methoxy groups -OCH3 is 1. The molecule has 1 amide bonds. The third-order valence-corrected chi connectivity index (χ3v) is 4.87. The Morgan fingerprint density at radius 1 is 0.788 bits per heavy atom. The molecule has 0 saturated heterocycles. The lowest BCUT2D eigenvalue weighted by molar-refractivity contribution is -0.122. The number of rotatable bonds is 8. The van der Waals surface area contributed by atoms with Gasteiger partial charge in [-0.2, -0.15) is 0 Å². The Morgan fingerprint density at radius 3 is 1.91 bits per heavy atom. The number of amides is 1. The van der Waals surface area contributed by atoms with Gasteiger partial charge in [0, 0.05) is 23.1 Å². The third-order valence-electron chi connectivity index (χ3n) is 4.87. The van der Waals surface area contributed by atoms with Crippen LogP contribution in [-0.4, -0.2) is 37.6 Å². The minimum absolute atomic E-state index is 0.0459. The molecule has 7 nitrogen and oxygen atoms in total. The van der Waals surface area contributed by atoms with Crippen LogP contribution in [0.1, 0.15) is 34.6 Å². The van der Waals surface area contributed by atoms with E-state index in [0.29, 0.717) is 5.69 Å². The number of carbonyl (C=O) groups excluding carboxylic acids is 3. The van der Waals surface area contributed by atoms with E-state index >= 15 is 0 Å². The van der Waals surface area contributed by atoms with Crippen molar-refractivity contribution < 1.29 is 23.9 Å². The molecule has 0 heterocycles. The fourth-order valence-corrected chi connectivity index (χ4v) is 3.35. The standard InChI is InChI=1S/C26H26N2O5/c1-18(2)28(21-15-13-20(14-16-21)27-19-9-5-4-6-10-19)24(29)17-33-26(31)23-12-8-7-11-22(23)25(30)32-3/h4-16,18,27H,17H2,1-3H3. The van der Waals surface area contributed by atoms with Gasteiger partial charge in [-0.05, 0) is 62.4 Å². The van der Waals surface area contributed by atoms with Crippen LogP contribution in [-0.2, 0) is 14.3 Å². The average molecular weight is 447 g/mol. The molecule has 3 aromatic rings. The number of nitrogens with zero attached hydrogens (tertiary/aromatic N) is 1. The minimum Gasteiger partial charge on any atom is -0.465 e. The highest BCUT2D eigenvalue weighted by molar-refractivity contribution is 6.04. The molecule has 0 aromatic heterocycles. The summed E-state index contributed by atoms with van der Waals surface area (Å²) in [4.78, 5) is 38.9. The highest BCUT2D eigenvalue weighted by Gasteiger charge is 2.23. The number of hydrogen-bond donors (Lipinski definition) is 1. The molecule has 0 aliphatic carbocycles. The molecule has 1 N–H and O–H groups in total. The van der Waals surface area contributed by atoms with Gasteiger partial charge in [0.2, 0.25) is 0 Å². The van der Waals surface area contributed by atoms with Gasteiger partial charge in [0.1, 0.15) is 0 Å². The third kappa shape index (κ3) is 5.98. The van der Waals surface area contributed by atoms with Gasteiger partial charge in [0.15, 0.2) is 6.61 Å². The molecule has 3 rings (SSSR count). The molecule has 0 radical (unpaired) electrons. The Morgan fingerprint density at radius 2 is 1.33 bits per heavy atom. The Bertz CT molecular complexity index is 1110. The molecule has 7 heteroatoms. The fourth-order valence-electron chi connectivity index (χ4n) is 3.35. The van der Waals surface area contributed by atoms with Crippen molar-refractivity contribution in [2.24, 2.45) is 0 Å². The molecule has 0 unspecified atom stereocenters. The number of anilines is 3. The van der Waals surface area contributed by atoms with Gasteiger partial charge in [-0.15, -0.1) is 0 Å². The van der Waals surface area contributed by atoms with Gasteiger partial charge in [-0.1, -0.05) is 30.3 Å². The summed E-state index contributed by atoms with van der Waals surface area (Å²) >= 11 is 0. The molecule has 0 spiro atoms. The van der Waals surface area contributed by atoms with E-state index in [1.165, 1.54) is 19.2 Å². The topological polar surface area (TPSA) is 84.9 Å². The normalized spacial score (nSPS) is 10.4. The maximum Gasteiger partial charge on any atom is 0.339 e. The lowest BCUT2D eigenvalue weighted by Gasteiger charge is -2.27. The number of esters is 2. The maximum atomic E-state index is 12.9. The lowest BCUT2D eigenvalue weighted by atomic mass is 10.1. The van der Waals surface area contributed by atoms with Crippen molar-refractivity contribution in [3.63, 3.8) is 0 Å². The van der Waals surface area contributed by atoms with Crippen LogP contribution in [0.5, 0.6) is 0 Å². The average Bonchev–Trinajstić information content (AvgIpc) is 2.83. The predicted octanol–water partition coefficient (Wildman–Crippen LogP) is 4.82. The van der Waals surface area contributed by atoms with Gasteiger partial charge in [-0.25, -0.2) is 9.59 Å². The second-order valence-corrected chi connectivity index (χ2v) is 7.51. The van der Waals surface area contributed by atoms with E-state index in [2.05, 4.69) is 5.32 Å². The van der Waals surface area contributed by atoms with E-state index in [9.17, 15) is 14.4 Å². The first kappa shape index (κ1) is 23.5. The first-order chi connectivity index (χ1) is 15.9. The first-order valence-electron chi connectivity index (χ1n) is 10.5. The van der Waals surface area contributed by atoms with Gasteiger partial charge < -0.3 is 19.7 Å². The highest BCUT2D eigenvalue weighted by atomic mass is 16.5. The predicted molar refractivity (Wildman–Crippen MR) is 127 cm³/mol. The number of para-hydroxylation sites is 1. The Balaban J connectivity index is 1.68. The van der Waals surface area contributed by atoms with Crippen LogP contribution in [0.25, 0.3) is 0 Å². The van der Waals surface area contributed by atoms with Gasteiger partial charge in [0.05, 0.1) is 18.2 Å². The van der Waals surface area contributed by atoms with E-state index in [-0.39, 0.29) is 23.1 Å². The van der Waals surface area contributed by atoms with Crippen LogP contribution in [0, 0.1) is 0 Å². The summed E-state index contributed by atoms with van der Waals surface area (Å²) in [7, 11) is 1.23. The molecule has 0 atom stereocenters. The van der Waals surface area contributed by atoms with Crippen molar-refractivity contribution in [3.8, 4) is 0 Å². The number of benzene rings is 3. The van der Waals surface area contributed by atoms with E-state index < -0.39 is 18.5 Å². The SMILES string of the molecule is COC(=O)c1ccccc1C(=O)OCC(=O)N(c1ccc(Nc2ccccc2)cc1)C(C)C. The smallest absolute Gasteiger partial charge is 0.339 e. The summed E-state index contributed by atoms with van der Waals surface area (Å²) in [5, 5.41) is 3.30. The number of ether oxygens (including phenoxy) is 2. The van der Waals surface area contributed by atoms with Gasteiger partial charge in [0.25, 0.3) is 5.91 Å². The second kappa shape index (κ2) is 10.9. The molecule has 0 aliphatic heterocycles. The Kier molecular flexibility index (Phi) is 7.81. The van der Waals surface area contributed by atoms with Crippen molar-refractivity contribution >= 4 is 34.9 Å². The van der Waals surface area contributed by atoms with Crippen LogP contribution < -0.4 is 10.2 Å². The largest absolute Gasteiger partial charge is 0.465 e. The Hall–Kier alpha value is -4.13. The molecule has 3 aromatic carbocycles. The van der Waals surface area contributed by atoms with E-state index in [1.54, 1.807) is 17.0 Å². The van der Waals surface area contributed by atoms with Crippen molar-refractivity contribution in [2.75, 3.05) is 23.9 Å². The molecular formula is C26H26N2O5. The van der Waals surface area contributed by atoms with Crippen molar-refractivity contribution in [1.29, 1.82) is 0 Å². The molecule has 0 fully saturated rings. The highest BCUT2D eigenvalue weighted by Crippen LogP contribution is 2.23. The maximum absolute atomic E-state index is 12.9. The van der Waals surface area contributed by atoms with Crippen LogP contribution in [0.4, 0.5) is 17.1 Å². The van der Waals surface area contributed by atoms with E-state index in [1.807, 2.05) is 68.4 Å². The van der Waals surface area contributed by atoms with Crippen LogP contribution in [0.3, 0.4) is 0 Å². The van der Waals surface area contributed by atoms with Crippen molar-refractivity contribution in [3.05, 3.63) is 90.0 Å². The fraction of sp³-hybridized carbons (Fsp3) is 0.192. The van der Waals surface area contributed by atoms with Crippen molar-refractivity contribution in [1.82, 2.24) is 0 Å². The molecular weight excluding hydrogens is 420 g/mol. The molecule has 0 aliphatic rings. The summed E-state index contributed by atoms with van der Waals surface area (Å²) in [6.07, 6.45) is 0. The zero-order valence-corrected chi connectivity index (χ0v) is 18.8.